The number of aromatic nitrogens is 1. The van der Waals surface area contributed by atoms with Crippen LogP contribution >= 0.6 is 0 Å². The molecule has 1 saturated heterocycles. The van der Waals surface area contributed by atoms with Gasteiger partial charge in [-0.2, -0.15) is 0 Å². The molecular weight excluding hydrogens is 405 g/mol. The average molecular weight is 443 g/mol. The first-order valence-electron chi connectivity index (χ1n) is 12.0. The van der Waals surface area contributed by atoms with Crippen molar-refractivity contribution in [1.29, 1.82) is 0 Å². The van der Waals surface area contributed by atoms with Crippen LogP contribution in [-0.2, 0) is 20.1 Å². The van der Waals surface area contributed by atoms with Gasteiger partial charge in [-0.05, 0) is 78.9 Å². The first-order chi connectivity index (χ1) is 15.1. The highest BCUT2D eigenvalue weighted by Gasteiger charge is 2.51. The summed E-state index contributed by atoms with van der Waals surface area (Å²) >= 11 is 0. The van der Waals surface area contributed by atoms with Crippen LogP contribution in [0.1, 0.15) is 80.4 Å². The summed E-state index contributed by atoms with van der Waals surface area (Å²) in [6.07, 6.45) is 1.88. The molecule has 1 aliphatic rings. The summed E-state index contributed by atoms with van der Waals surface area (Å²) < 4.78 is 12.9. The van der Waals surface area contributed by atoms with Gasteiger partial charge in [0.1, 0.15) is 0 Å². The Morgan fingerprint density at radius 3 is 1.91 bits per heavy atom. The average Bonchev–Trinajstić information content (AvgIpc) is 2.92. The van der Waals surface area contributed by atoms with Crippen molar-refractivity contribution in [1.82, 2.24) is 4.98 Å². The van der Waals surface area contributed by atoms with Gasteiger partial charge in [0, 0.05) is 17.1 Å². The standard InChI is InChI=1S/C29H38BNO2/c1-26(2,3)21-15-20(16-23(17-21)30-32-28(7,8)29(9,10)33-30)24-18-22(27(4,5)6)14-19-12-11-13-31-25(19)24/h11-18H,1-10H3. The first-order valence-corrected chi connectivity index (χ1v) is 12.0. The molecule has 33 heavy (non-hydrogen) atoms. The molecule has 1 aromatic heterocycles. The number of nitrogens with zero attached hydrogens (tertiary/aromatic N) is 1. The summed E-state index contributed by atoms with van der Waals surface area (Å²) in [7, 11) is -0.402. The van der Waals surface area contributed by atoms with Crippen LogP contribution in [0, 0.1) is 0 Å². The second-order valence-electron chi connectivity index (χ2n) is 12.5. The van der Waals surface area contributed by atoms with Crippen LogP contribution in [0.4, 0.5) is 0 Å². The van der Waals surface area contributed by atoms with Crippen LogP contribution in [-0.4, -0.2) is 23.3 Å². The molecule has 4 rings (SSSR count). The van der Waals surface area contributed by atoms with Crippen LogP contribution in [0.3, 0.4) is 0 Å². The Morgan fingerprint density at radius 1 is 0.758 bits per heavy atom. The van der Waals surface area contributed by atoms with Crippen LogP contribution in [0.15, 0.2) is 48.7 Å². The van der Waals surface area contributed by atoms with Gasteiger partial charge in [0.15, 0.2) is 0 Å². The molecule has 4 heteroatoms. The van der Waals surface area contributed by atoms with E-state index in [-0.39, 0.29) is 22.0 Å². The lowest BCUT2D eigenvalue weighted by Gasteiger charge is -2.32. The molecule has 2 aromatic carbocycles. The summed E-state index contributed by atoms with van der Waals surface area (Å²) in [5.74, 6) is 0. The molecule has 2 heterocycles. The smallest absolute Gasteiger partial charge is 0.399 e. The molecule has 174 valence electrons. The minimum absolute atomic E-state index is 0.0146. The summed E-state index contributed by atoms with van der Waals surface area (Å²) in [5.41, 5.74) is 6.22. The predicted octanol–water partition coefficient (Wildman–Crippen LogP) is 6.80. The Bertz CT molecular complexity index is 1180. The normalized spacial score (nSPS) is 18.2. The Balaban J connectivity index is 1.96. The van der Waals surface area contributed by atoms with Crippen molar-refractivity contribution in [3.63, 3.8) is 0 Å². The quantitative estimate of drug-likeness (QED) is 0.409. The monoisotopic (exact) mass is 443 g/mol. The van der Waals surface area contributed by atoms with Crippen LogP contribution < -0.4 is 5.46 Å². The zero-order chi connectivity index (χ0) is 24.4. The molecule has 1 aliphatic heterocycles. The van der Waals surface area contributed by atoms with E-state index in [4.69, 9.17) is 14.3 Å². The molecule has 0 spiro atoms. The van der Waals surface area contributed by atoms with E-state index >= 15 is 0 Å². The molecule has 0 N–H and O–H groups in total. The van der Waals surface area contributed by atoms with Crippen molar-refractivity contribution in [3.05, 3.63) is 59.8 Å². The highest BCUT2D eigenvalue weighted by molar-refractivity contribution is 6.62. The second-order valence-corrected chi connectivity index (χ2v) is 12.5. The molecule has 0 bridgehead atoms. The number of pyridine rings is 1. The van der Waals surface area contributed by atoms with Gasteiger partial charge in [-0.25, -0.2) is 0 Å². The van der Waals surface area contributed by atoms with Crippen molar-refractivity contribution in [3.8, 4) is 11.1 Å². The van der Waals surface area contributed by atoms with Gasteiger partial charge in [0.2, 0.25) is 0 Å². The van der Waals surface area contributed by atoms with Gasteiger partial charge in [-0.1, -0.05) is 65.8 Å². The summed E-state index contributed by atoms with van der Waals surface area (Å²) in [5, 5.41) is 1.17. The van der Waals surface area contributed by atoms with Crippen molar-refractivity contribution in [2.45, 2.75) is 91.3 Å². The Hall–Kier alpha value is -2.17. The third-order valence-corrected chi connectivity index (χ3v) is 7.23. The zero-order valence-electron chi connectivity index (χ0n) is 22.0. The van der Waals surface area contributed by atoms with E-state index in [9.17, 15) is 0 Å². The van der Waals surface area contributed by atoms with Gasteiger partial charge in [0.05, 0.1) is 16.7 Å². The maximum absolute atomic E-state index is 6.44. The Kier molecular flexibility index (Phi) is 5.58. The van der Waals surface area contributed by atoms with E-state index in [1.807, 2.05) is 12.3 Å². The van der Waals surface area contributed by atoms with Crippen molar-refractivity contribution >= 4 is 23.5 Å². The molecular formula is C29H38BNO2. The largest absolute Gasteiger partial charge is 0.494 e. The molecule has 0 saturated carbocycles. The summed E-state index contributed by atoms with van der Waals surface area (Å²) in [4.78, 5) is 4.78. The maximum Gasteiger partial charge on any atom is 0.494 e. The fourth-order valence-corrected chi connectivity index (χ4v) is 4.20. The minimum atomic E-state index is -0.402. The van der Waals surface area contributed by atoms with Crippen molar-refractivity contribution in [2.24, 2.45) is 0 Å². The van der Waals surface area contributed by atoms with E-state index in [2.05, 4.69) is 106 Å². The van der Waals surface area contributed by atoms with Gasteiger partial charge in [-0.15, -0.1) is 0 Å². The molecule has 0 radical (unpaired) electrons. The maximum atomic E-state index is 6.44. The minimum Gasteiger partial charge on any atom is -0.399 e. The van der Waals surface area contributed by atoms with Crippen LogP contribution in [0.2, 0.25) is 0 Å². The molecule has 1 fully saturated rings. The summed E-state index contributed by atoms with van der Waals surface area (Å²) in [6, 6.07) is 15.5. The van der Waals surface area contributed by atoms with Crippen LogP contribution in [0.5, 0.6) is 0 Å². The molecule has 0 amide bonds. The topological polar surface area (TPSA) is 31.4 Å². The van der Waals surface area contributed by atoms with E-state index in [0.717, 1.165) is 22.1 Å². The van der Waals surface area contributed by atoms with Crippen LogP contribution in [0.25, 0.3) is 22.0 Å². The molecule has 0 aliphatic carbocycles. The summed E-state index contributed by atoms with van der Waals surface area (Å²) in [6.45, 7) is 21.9. The fourth-order valence-electron chi connectivity index (χ4n) is 4.20. The molecule has 3 nitrogen and oxygen atoms in total. The SMILES string of the molecule is CC(C)(C)c1cc(B2OC(C)(C)C(C)(C)O2)cc(-c2cc(C(C)(C)C)cc3cccnc23)c1. The Labute approximate surface area is 200 Å². The van der Waals surface area contributed by atoms with E-state index in [0.29, 0.717) is 0 Å². The van der Waals surface area contributed by atoms with Gasteiger partial charge in [-0.3, -0.25) is 4.98 Å². The van der Waals surface area contributed by atoms with E-state index in [1.165, 1.54) is 16.5 Å². The van der Waals surface area contributed by atoms with Gasteiger partial charge in [0.25, 0.3) is 0 Å². The first kappa shape index (κ1) is 24.0. The predicted molar refractivity (Wildman–Crippen MR) is 140 cm³/mol. The zero-order valence-corrected chi connectivity index (χ0v) is 22.0. The molecule has 3 aromatic rings. The number of rotatable bonds is 2. The van der Waals surface area contributed by atoms with Gasteiger partial charge < -0.3 is 9.31 Å². The lowest BCUT2D eigenvalue weighted by molar-refractivity contribution is 0.00578. The molecule has 0 unspecified atom stereocenters. The highest BCUT2D eigenvalue weighted by atomic mass is 16.7. The van der Waals surface area contributed by atoms with Crippen molar-refractivity contribution in [2.75, 3.05) is 0 Å². The molecule has 0 atom stereocenters. The number of benzene rings is 2. The number of hydrogen-bond donors (Lipinski definition) is 0. The third-order valence-electron chi connectivity index (χ3n) is 7.23. The van der Waals surface area contributed by atoms with Crippen molar-refractivity contribution < 1.29 is 9.31 Å². The fraction of sp³-hybridized carbons (Fsp3) is 0.483. The van der Waals surface area contributed by atoms with E-state index in [1.54, 1.807) is 0 Å². The third kappa shape index (κ3) is 4.48. The highest BCUT2D eigenvalue weighted by Crippen LogP contribution is 2.38. The second kappa shape index (κ2) is 7.68. The van der Waals surface area contributed by atoms with Gasteiger partial charge >= 0.3 is 7.12 Å². The lowest BCUT2D eigenvalue weighted by Crippen LogP contribution is -2.41. The lowest BCUT2D eigenvalue weighted by atomic mass is 9.73. The van der Waals surface area contributed by atoms with E-state index < -0.39 is 7.12 Å². The number of fused-ring (bicyclic) bond motifs is 1. The number of hydrogen-bond acceptors (Lipinski definition) is 3. The Morgan fingerprint density at radius 2 is 1.33 bits per heavy atom.